The number of Topliss-reactive ketones (excluding diaryl/α,β-unsaturated/α-hetero) is 1. The number of nitrogens with zero attached hydrogens (tertiary/aromatic N) is 2. The minimum Gasteiger partial charge on any atom is -0.340 e. The molecule has 1 amide bonds. The first kappa shape index (κ1) is 22.2. The molecule has 1 aliphatic rings. The van der Waals surface area contributed by atoms with E-state index in [0.717, 1.165) is 10.9 Å². The number of ketones is 1. The van der Waals surface area contributed by atoms with Gasteiger partial charge in [-0.25, -0.2) is 8.42 Å². The lowest BCUT2D eigenvalue weighted by Gasteiger charge is -2.34. The highest BCUT2D eigenvalue weighted by atomic mass is 32.2. The van der Waals surface area contributed by atoms with Crippen molar-refractivity contribution in [3.8, 4) is 0 Å². The normalized spacial score (nSPS) is 15.1. The van der Waals surface area contributed by atoms with Crippen LogP contribution < -0.4 is 0 Å². The van der Waals surface area contributed by atoms with Crippen molar-refractivity contribution in [2.75, 3.05) is 26.2 Å². The second-order valence-electron chi connectivity index (χ2n) is 8.05. The number of hydrogen-bond acceptors (Lipinski definition) is 4. The molecular weight excluding hydrogens is 424 g/mol. The van der Waals surface area contributed by atoms with Gasteiger partial charge in [0, 0.05) is 38.2 Å². The van der Waals surface area contributed by atoms with Crippen LogP contribution in [0.4, 0.5) is 0 Å². The predicted molar refractivity (Wildman–Crippen MR) is 124 cm³/mol. The lowest BCUT2D eigenvalue weighted by atomic mass is 10.0. The van der Waals surface area contributed by atoms with Crippen molar-refractivity contribution in [2.24, 2.45) is 0 Å². The van der Waals surface area contributed by atoms with Gasteiger partial charge in [0.15, 0.2) is 5.78 Å². The van der Waals surface area contributed by atoms with Crippen molar-refractivity contribution < 1.29 is 18.0 Å². The number of piperazine rings is 1. The summed E-state index contributed by atoms with van der Waals surface area (Å²) in [5.74, 6) is -0.0641. The summed E-state index contributed by atoms with van der Waals surface area (Å²) >= 11 is 0. The Bertz CT molecular complexity index is 1240. The van der Waals surface area contributed by atoms with Crippen LogP contribution in [0.1, 0.15) is 29.3 Å². The summed E-state index contributed by atoms with van der Waals surface area (Å²) in [6, 6.07) is 20.4. The van der Waals surface area contributed by atoms with Crippen molar-refractivity contribution in [1.82, 2.24) is 9.21 Å². The quantitative estimate of drug-likeness (QED) is 0.539. The van der Waals surface area contributed by atoms with Crippen LogP contribution >= 0.6 is 0 Å². The van der Waals surface area contributed by atoms with E-state index in [-0.39, 0.29) is 29.7 Å². The van der Waals surface area contributed by atoms with Gasteiger partial charge in [0.1, 0.15) is 0 Å². The van der Waals surface area contributed by atoms with Crippen LogP contribution in [0.3, 0.4) is 0 Å². The molecule has 0 N–H and O–H groups in total. The molecule has 1 heterocycles. The number of sulfonamides is 1. The number of carbonyl (C=O) groups is 2. The highest BCUT2D eigenvalue weighted by Gasteiger charge is 2.30. The van der Waals surface area contributed by atoms with Crippen molar-refractivity contribution in [3.63, 3.8) is 0 Å². The summed E-state index contributed by atoms with van der Waals surface area (Å²) in [5, 5.41) is 2.34. The lowest BCUT2D eigenvalue weighted by molar-refractivity contribution is -0.132. The van der Waals surface area contributed by atoms with E-state index < -0.39 is 10.0 Å². The van der Waals surface area contributed by atoms with Gasteiger partial charge in [0.05, 0.1) is 4.90 Å². The number of aryl methyl sites for hydroxylation is 1. The number of benzene rings is 3. The molecule has 0 radical (unpaired) electrons. The predicted octanol–water partition coefficient (Wildman–Crippen LogP) is 3.51. The Balaban J connectivity index is 1.33. The fourth-order valence-electron chi connectivity index (χ4n) is 3.99. The third kappa shape index (κ3) is 4.74. The van der Waals surface area contributed by atoms with Crippen LogP contribution in [0.5, 0.6) is 0 Å². The maximum Gasteiger partial charge on any atom is 0.243 e. The third-order valence-corrected chi connectivity index (χ3v) is 7.84. The number of hydrogen-bond donors (Lipinski definition) is 0. The molecule has 1 aliphatic heterocycles. The molecule has 3 aromatic carbocycles. The molecule has 0 unspecified atom stereocenters. The maximum atomic E-state index is 12.9. The van der Waals surface area contributed by atoms with Crippen LogP contribution in [-0.2, 0) is 21.2 Å². The number of carbonyl (C=O) groups excluding carboxylic acids is 2. The smallest absolute Gasteiger partial charge is 0.243 e. The SMILES string of the molecule is CC(=O)c1ccc(S(=O)(=O)N2CCN(C(=O)CCc3ccc4ccccc4c3)CC2)cc1. The van der Waals surface area contributed by atoms with Gasteiger partial charge in [-0.3, -0.25) is 9.59 Å². The summed E-state index contributed by atoms with van der Waals surface area (Å²) in [4.78, 5) is 26.0. The summed E-state index contributed by atoms with van der Waals surface area (Å²) in [7, 11) is -3.65. The van der Waals surface area contributed by atoms with Gasteiger partial charge in [-0.2, -0.15) is 4.31 Å². The van der Waals surface area contributed by atoms with Crippen molar-refractivity contribution >= 4 is 32.5 Å². The molecule has 3 aromatic rings. The Morgan fingerprint density at radius 3 is 2.16 bits per heavy atom. The number of fused-ring (bicyclic) bond motifs is 1. The molecule has 0 atom stereocenters. The van der Waals surface area contributed by atoms with Crippen LogP contribution in [0.2, 0.25) is 0 Å². The van der Waals surface area contributed by atoms with Gasteiger partial charge < -0.3 is 4.90 Å². The van der Waals surface area contributed by atoms with Crippen molar-refractivity contribution in [1.29, 1.82) is 0 Å². The van der Waals surface area contributed by atoms with Gasteiger partial charge in [-0.05, 0) is 41.8 Å². The monoisotopic (exact) mass is 450 g/mol. The Hall–Kier alpha value is -3.03. The van der Waals surface area contributed by atoms with E-state index in [9.17, 15) is 18.0 Å². The number of rotatable bonds is 6. The second kappa shape index (κ2) is 9.22. The lowest BCUT2D eigenvalue weighted by Crippen LogP contribution is -2.50. The van der Waals surface area contributed by atoms with Gasteiger partial charge in [0.25, 0.3) is 0 Å². The molecule has 0 bridgehead atoms. The summed E-state index contributed by atoms with van der Waals surface area (Å²) < 4.78 is 27.2. The molecule has 0 spiro atoms. The van der Waals surface area contributed by atoms with Crippen LogP contribution in [0, 0.1) is 0 Å². The molecule has 1 fully saturated rings. The Labute approximate surface area is 188 Å². The molecule has 4 rings (SSSR count). The van der Waals surface area contributed by atoms with Gasteiger partial charge in [-0.15, -0.1) is 0 Å². The minimum atomic E-state index is -3.65. The standard InChI is InChI=1S/C25H26N2O4S/c1-19(28)21-9-11-24(12-10-21)32(30,31)27-16-14-26(15-17-27)25(29)13-7-20-6-8-22-4-2-3-5-23(22)18-20/h2-6,8-12,18H,7,13-17H2,1H3. The van der Waals surface area contributed by atoms with Crippen LogP contribution in [0.25, 0.3) is 10.8 Å². The first-order valence-corrected chi connectivity index (χ1v) is 12.2. The molecule has 6 nitrogen and oxygen atoms in total. The third-order valence-electron chi connectivity index (χ3n) is 5.93. The summed E-state index contributed by atoms with van der Waals surface area (Å²) in [5.41, 5.74) is 1.60. The zero-order valence-electron chi connectivity index (χ0n) is 18.0. The van der Waals surface area contributed by atoms with Crippen molar-refractivity contribution in [2.45, 2.75) is 24.7 Å². The molecule has 32 heavy (non-hydrogen) atoms. The summed E-state index contributed by atoms with van der Waals surface area (Å²) in [6.45, 7) is 2.72. The van der Waals surface area contributed by atoms with E-state index in [1.165, 1.54) is 40.9 Å². The second-order valence-corrected chi connectivity index (χ2v) is 9.98. The minimum absolute atomic E-state index is 0.0426. The largest absolute Gasteiger partial charge is 0.340 e. The van der Waals surface area contributed by atoms with Gasteiger partial charge in [-0.1, -0.05) is 54.6 Å². The molecule has 166 valence electrons. The molecule has 0 saturated carbocycles. The first-order chi connectivity index (χ1) is 15.3. The molecule has 7 heteroatoms. The molecular formula is C25H26N2O4S. The van der Waals surface area contributed by atoms with Crippen LogP contribution in [0.15, 0.2) is 71.6 Å². The Morgan fingerprint density at radius 1 is 0.844 bits per heavy atom. The highest BCUT2D eigenvalue weighted by molar-refractivity contribution is 7.89. The average Bonchev–Trinajstić information content (AvgIpc) is 2.82. The van der Waals surface area contributed by atoms with Gasteiger partial charge >= 0.3 is 0 Å². The van der Waals surface area contributed by atoms with Gasteiger partial charge in [0.2, 0.25) is 15.9 Å². The molecule has 0 aromatic heterocycles. The fourth-order valence-corrected chi connectivity index (χ4v) is 5.41. The van der Waals surface area contributed by atoms with E-state index >= 15 is 0 Å². The van der Waals surface area contributed by atoms with E-state index in [1.54, 1.807) is 4.90 Å². The zero-order valence-corrected chi connectivity index (χ0v) is 18.8. The van der Waals surface area contributed by atoms with E-state index in [1.807, 2.05) is 12.1 Å². The summed E-state index contributed by atoms with van der Waals surface area (Å²) in [6.07, 6.45) is 1.06. The van der Waals surface area contributed by atoms with E-state index in [2.05, 4.69) is 30.3 Å². The Kier molecular flexibility index (Phi) is 6.39. The van der Waals surface area contributed by atoms with Crippen molar-refractivity contribution in [3.05, 3.63) is 77.9 Å². The molecule has 1 saturated heterocycles. The van der Waals surface area contributed by atoms with E-state index in [4.69, 9.17) is 0 Å². The number of amides is 1. The Morgan fingerprint density at radius 2 is 1.50 bits per heavy atom. The topological polar surface area (TPSA) is 74.8 Å². The molecule has 0 aliphatic carbocycles. The zero-order chi connectivity index (χ0) is 22.7. The maximum absolute atomic E-state index is 12.9. The first-order valence-electron chi connectivity index (χ1n) is 10.7. The average molecular weight is 451 g/mol. The van der Waals surface area contributed by atoms with Crippen LogP contribution in [-0.4, -0.2) is 55.5 Å². The fraction of sp³-hybridized carbons (Fsp3) is 0.280. The van der Waals surface area contributed by atoms with E-state index in [0.29, 0.717) is 31.5 Å². The highest BCUT2D eigenvalue weighted by Crippen LogP contribution is 2.20.